The Labute approximate surface area is 117 Å². The van der Waals surface area contributed by atoms with E-state index in [0.717, 1.165) is 31.8 Å². The Morgan fingerprint density at radius 1 is 1.16 bits per heavy atom. The molecule has 2 N–H and O–H groups in total. The number of amides is 1. The van der Waals surface area contributed by atoms with Crippen molar-refractivity contribution in [2.45, 2.75) is 65.3 Å². The van der Waals surface area contributed by atoms with Crippen LogP contribution in [0, 0.1) is 17.3 Å². The molecule has 3 nitrogen and oxygen atoms in total. The van der Waals surface area contributed by atoms with Gasteiger partial charge in [-0.25, -0.2) is 0 Å². The van der Waals surface area contributed by atoms with Crippen molar-refractivity contribution in [3.05, 3.63) is 0 Å². The third-order valence-corrected chi connectivity index (χ3v) is 5.01. The molecule has 1 aliphatic carbocycles. The minimum atomic E-state index is 0.264. The monoisotopic (exact) mass is 266 g/mol. The first-order valence-electron chi connectivity index (χ1n) is 7.98. The minimum absolute atomic E-state index is 0.264. The van der Waals surface area contributed by atoms with Crippen molar-refractivity contribution >= 4 is 5.91 Å². The highest BCUT2D eigenvalue weighted by Gasteiger charge is 2.32. The quantitative estimate of drug-likeness (QED) is 0.824. The molecular formula is C16H30N2O. The maximum atomic E-state index is 12.2. The van der Waals surface area contributed by atoms with Crippen LogP contribution in [0.4, 0.5) is 0 Å². The van der Waals surface area contributed by atoms with E-state index in [-0.39, 0.29) is 5.92 Å². The molecule has 110 valence electrons. The van der Waals surface area contributed by atoms with Gasteiger partial charge in [-0.1, -0.05) is 20.8 Å². The molecule has 19 heavy (non-hydrogen) atoms. The summed E-state index contributed by atoms with van der Waals surface area (Å²) in [6.07, 6.45) is 7.03. The van der Waals surface area contributed by atoms with Gasteiger partial charge in [-0.3, -0.25) is 4.79 Å². The fourth-order valence-electron chi connectivity index (χ4n) is 3.52. The van der Waals surface area contributed by atoms with Gasteiger partial charge in [0, 0.05) is 18.5 Å². The standard InChI is InChI=1S/C16H30N2O/c1-16(2,3)13-8-6-12(7-9-13)15(19)18-11-14-5-4-10-17-14/h12-14,17H,4-11H2,1-3H3,(H,18,19). The van der Waals surface area contributed by atoms with Crippen molar-refractivity contribution < 1.29 is 4.79 Å². The molecule has 2 rings (SSSR count). The topological polar surface area (TPSA) is 41.1 Å². The molecule has 1 aliphatic heterocycles. The van der Waals surface area contributed by atoms with Gasteiger partial charge in [-0.2, -0.15) is 0 Å². The Morgan fingerprint density at radius 2 is 1.84 bits per heavy atom. The van der Waals surface area contributed by atoms with Crippen LogP contribution in [0.5, 0.6) is 0 Å². The third kappa shape index (κ3) is 4.20. The average Bonchev–Trinajstić information content (AvgIpc) is 2.88. The van der Waals surface area contributed by atoms with Crippen molar-refractivity contribution in [3.63, 3.8) is 0 Å². The Balaban J connectivity index is 1.70. The lowest BCUT2D eigenvalue weighted by Crippen LogP contribution is -2.41. The maximum Gasteiger partial charge on any atom is 0.223 e. The molecular weight excluding hydrogens is 236 g/mol. The van der Waals surface area contributed by atoms with E-state index >= 15 is 0 Å². The van der Waals surface area contributed by atoms with Crippen LogP contribution in [0.3, 0.4) is 0 Å². The minimum Gasteiger partial charge on any atom is -0.354 e. The summed E-state index contributed by atoms with van der Waals surface area (Å²) in [6, 6.07) is 0.509. The summed E-state index contributed by atoms with van der Waals surface area (Å²) in [5.41, 5.74) is 0.398. The van der Waals surface area contributed by atoms with Crippen molar-refractivity contribution in [1.29, 1.82) is 0 Å². The molecule has 3 heteroatoms. The summed E-state index contributed by atoms with van der Waals surface area (Å²) in [6.45, 7) is 8.90. The van der Waals surface area contributed by atoms with E-state index in [0.29, 0.717) is 17.4 Å². The molecule has 1 atom stereocenters. The third-order valence-electron chi connectivity index (χ3n) is 5.01. The van der Waals surface area contributed by atoms with Gasteiger partial charge in [-0.05, 0) is 56.4 Å². The van der Waals surface area contributed by atoms with Crippen LogP contribution in [-0.4, -0.2) is 25.0 Å². The number of nitrogens with one attached hydrogen (secondary N) is 2. The molecule has 1 saturated carbocycles. The molecule has 2 fully saturated rings. The fourth-order valence-corrected chi connectivity index (χ4v) is 3.52. The molecule has 2 aliphatic rings. The molecule has 0 aromatic carbocycles. The molecule has 1 heterocycles. The zero-order valence-corrected chi connectivity index (χ0v) is 12.8. The van der Waals surface area contributed by atoms with Gasteiger partial charge < -0.3 is 10.6 Å². The first-order valence-corrected chi connectivity index (χ1v) is 7.98. The summed E-state index contributed by atoms with van der Waals surface area (Å²) in [7, 11) is 0. The second kappa shape index (κ2) is 6.25. The predicted octanol–water partition coefficient (Wildman–Crippen LogP) is 2.71. The van der Waals surface area contributed by atoms with Gasteiger partial charge in [0.05, 0.1) is 0 Å². The van der Waals surface area contributed by atoms with Gasteiger partial charge in [-0.15, -0.1) is 0 Å². The molecule has 1 unspecified atom stereocenters. The van der Waals surface area contributed by atoms with E-state index < -0.39 is 0 Å². The summed E-state index contributed by atoms with van der Waals surface area (Å²) >= 11 is 0. The van der Waals surface area contributed by atoms with Crippen molar-refractivity contribution in [2.24, 2.45) is 17.3 Å². The number of carbonyl (C=O) groups excluding carboxylic acids is 1. The Hall–Kier alpha value is -0.570. The fraction of sp³-hybridized carbons (Fsp3) is 0.938. The molecule has 1 saturated heterocycles. The first-order chi connectivity index (χ1) is 8.97. The van der Waals surface area contributed by atoms with Crippen LogP contribution < -0.4 is 10.6 Å². The van der Waals surface area contributed by atoms with E-state index in [4.69, 9.17) is 0 Å². The lowest BCUT2D eigenvalue weighted by molar-refractivity contribution is -0.126. The number of hydrogen-bond donors (Lipinski definition) is 2. The zero-order valence-electron chi connectivity index (χ0n) is 12.8. The van der Waals surface area contributed by atoms with E-state index in [9.17, 15) is 4.79 Å². The molecule has 0 aromatic heterocycles. The predicted molar refractivity (Wildman–Crippen MR) is 78.9 cm³/mol. The van der Waals surface area contributed by atoms with Gasteiger partial charge in [0.15, 0.2) is 0 Å². The van der Waals surface area contributed by atoms with Crippen LogP contribution >= 0.6 is 0 Å². The van der Waals surface area contributed by atoms with Crippen LogP contribution in [0.25, 0.3) is 0 Å². The molecule has 0 aromatic rings. The lowest BCUT2D eigenvalue weighted by Gasteiger charge is -2.36. The Bertz CT molecular complexity index is 294. The second-order valence-electron chi connectivity index (χ2n) is 7.45. The SMILES string of the molecule is CC(C)(C)C1CCC(C(=O)NCC2CCCN2)CC1. The van der Waals surface area contributed by atoms with Crippen LogP contribution in [0.15, 0.2) is 0 Å². The zero-order chi connectivity index (χ0) is 13.9. The number of rotatable bonds is 3. The highest BCUT2D eigenvalue weighted by molar-refractivity contribution is 5.78. The number of carbonyl (C=O) groups is 1. The van der Waals surface area contributed by atoms with Crippen LogP contribution in [-0.2, 0) is 4.79 Å². The summed E-state index contributed by atoms with van der Waals surface area (Å²) in [5.74, 6) is 1.34. The molecule has 0 bridgehead atoms. The summed E-state index contributed by atoms with van der Waals surface area (Å²) in [4.78, 5) is 12.2. The van der Waals surface area contributed by atoms with Gasteiger partial charge in [0.2, 0.25) is 5.91 Å². The lowest BCUT2D eigenvalue weighted by atomic mass is 9.69. The smallest absolute Gasteiger partial charge is 0.223 e. The first kappa shape index (κ1) is 14.8. The van der Waals surface area contributed by atoms with Crippen molar-refractivity contribution in [1.82, 2.24) is 10.6 Å². The normalized spacial score (nSPS) is 32.3. The van der Waals surface area contributed by atoms with Gasteiger partial charge in [0.1, 0.15) is 0 Å². The van der Waals surface area contributed by atoms with Gasteiger partial charge in [0.25, 0.3) is 0 Å². The molecule has 1 amide bonds. The maximum absolute atomic E-state index is 12.2. The van der Waals surface area contributed by atoms with E-state index in [2.05, 4.69) is 31.4 Å². The van der Waals surface area contributed by atoms with Gasteiger partial charge >= 0.3 is 0 Å². The molecule has 0 radical (unpaired) electrons. The summed E-state index contributed by atoms with van der Waals surface area (Å²) < 4.78 is 0. The summed E-state index contributed by atoms with van der Waals surface area (Å²) in [5, 5.41) is 6.57. The van der Waals surface area contributed by atoms with E-state index in [1.807, 2.05) is 0 Å². The second-order valence-corrected chi connectivity index (χ2v) is 7.45. The van der Waals surface area contributed by atoms with Crippen molar-refractivity contribution in [2.75, 3.05) is 13.1 Å². The van der Waals surface area contributed by atoms with E-state index in [1.54, 1.807) is 0 Å². The van der Waals surface area contributed by atoms with Crippen LogP contribution in [0.2, 0.25) is 0 Å². The van der Waals surface area contributed by atoms with Crippen molar-refractivity contribution in [3.8, 4) is 0 Å². The Morgan fingerprint density at radius 3 is 2.37 bits per heavy atom. The van der Waals surface area contributed by atoms with E-state index in [1.165, 1.54) is 25.7 Å². The number of hydrogen-bond acceptors (Lipinski definition) is 2. The average molecular weight is 266 g/mol. The highest BCUT2D eigenvalue weighted by Crippen LogP contribution is 2.39. The largest absolute Gasteiger partial charge is 0.354 e. The Kier molecular flexibility index (Phi) is 4.88. The molecule has 0 spiro atoms. The highest BCUT2D eigenvalue weighted by atomic mass is 16.1. The van der Waals surface area contributed by atoms with Crippen LogP contribution in [0.1, 0.15) is 59.3 Å².